The van der Waals surface area contributed by atoms with Crippen LogP contribution in [0.3, 0.4) is 0 Å². The molecule has 0 fully saturated rings. The van der Waals surface area contributed by atoms with Crippen LogP contribution in [0.15, 0.2) is 36.4 Å². The molecule has 0 radical (unpaired) electrons. The summed E-state index contributed by atoms with van der Waals surface area (Å²) in [5.74, 6) is -0.418. The molecule has 1 N–H and O–H groups in total. The molecule has 2 rings (SSSR count). The van der Waals surface area contributed by atoms with Crippen molar-refractivity contribution in [3.63, 3.8) is 0 Å². The lowest BCUT2D eigenvalue weighted by molar-refractivity contribution is 0.0950. The van der Waals surface area contributed by atoms with Crippen molar-refractivity contribution < 1.29 is 13.9 Å². The van der Waals surface area contributed by atoms with Crippen molar-refractivity contribution in [2.24, 2.45) is 0 Å². The van der Waals surface area contributed by atoms with Crippen LogP contribution in [-0.4, -0.2) is 13.0 Å². The van der Waals surface area contributed by atoms with E-state index in [4.69, 9.17) is 4.74 Å². The van der Waals surface area contributed by atoms with E-state index in [9.17, 15) is 9.18 Å². The fourth-order valence-electron chi connectivity index (χ4n) is 1.89. The molecule has 0 unspecified atom stereocenters. The molecule has 1 amide bonds. The van der Waals surface area contributed by atoms with Gasteiger partial charge in [-0.1, -0.05) is 6.07 Å². The summed E-state index contributed by atoms with van der Waals surface area (Å²) in [5.41, 5.74) is 2.34. The highest BCUT2D eigenvalue weighted by Gasteiger charge is 2.08. The zero-order valence-corrected chi connectivity index (χ0v) is 13.9. The Morgan fingerprint density at radius 3 is 2.67 bits per heavy atom. The van der Waals surface area contributed by atoms with Crippen molar-refractivity contribution in [2.45, 2.75) is 13.5 Å². The molecule has 2 aromatic carbocycles. The van der Waals surface area contributed by atoms with Crippen LogP contribution in [0.5, 0.6) is 5.75 Å². The zero-order chi connectivity index (χ0) is 15.4. The SMILES string of the molecule is COc1ccc(CNC(=O)c2ccc(I)c(C)c2)cc1F. The molecule has 0 saturated carbocycles. The summed E-state index contributed by atoms with van der Waals surface area (Å²) in [7, 11) is 1.42. The van der Waals surface area contributed by atoms with E-state index < -0.39 is 5.82 Å². The fraction of sp³-hybridized carbons (Fsp3) is 0.188. The number of amides is 1. The fourth-order valence-corrected chi connectivity index (χ4v) is 2.23. The van der Waals surface area contributed by atoms with Gasteiger partial charge in [0.1, 0.15) is 0 Å². The van der Waals surface area contributed by atoms with Gasteiger partial charge in [-0.05, 0) is 71.0 Å². The molecule has 0 atom stereocenters. The number of hydrogen-bond acceptors (Lipinski definition) is 2. The predicted molar refractivity (Wildman–Crippen MR) is 88.0 cm³/mol. The number of methoxy groups -OCH3 is 1. The first-order chi connectivity index (χ1) is 10.0. The van der Waals surface area contributed by atoms with Crippen LogP contribution in [0.2, 0.25) is 0 Å². The van der Waals surface area contributed by atoms with Crippen molar-refractivity contribution >= 4 is 28.5 Å². The minimum Gasteiger partial charge on any atom is -0.494 e. The van der Waals surface area contributed by atoms with E-state index in [1.54, 1.807) is 18.2 Å². The van der Waals surface area contributed by atoms with Gasteiger partial charge in [-0.15, -0.1) is 0 Å². The Hall–Kier alpha value is -1.63. The summed E-state index contributed by atoms with van der Waals surface area (Å²) < 4.78 is 19.5. The maximum atomic E-state index is 13.6. The van der Waals surface area contributed by atoms with Crippen molar-refractivity contribution in [2.75, 3.05) is 7.11 Å². The molecular formula is C16H15FINO2. The normalized spacial score (nSPS) is 10.3. The largest absolute Gasteiger partial charge is 0.494 e. The van der Waals surface area contributed by atoms with E-state index in [1.165, 1.54) is 13.2 Å². The number of aryl methyl sites for hydroxylation is 1. The predicted octanol–water partition coefficient (Wildman–Crippen LogP) is 3.68. The van der Waals surface area contributed by atoms with Crippen LogP contribution in [-0.2, 0) is 6.54 Å². The first-order valence-electron chi connectivity index (χ1n) is 6.38. The summed E-state index contributed by atoms with van der Waals surface area (Å²) in [4.78, 5) is 12.1. The van der Waals surface area contributed by atoms with Gasteiger partial charge in [0.2, 0.25) is 0 Å². The number of hydrogen-bond donors (Lipinski definition) is 1. The van der Waals surface area contributed by atoms with Gasteiger partial charge in [0, 0.05) is 15.7 Å². The molecule has 0 spiro atoms. The van der Waals surface area contributed by atoms with Gasteiger partial charge < -0.3 is 10.1 Å². The molecule has 0 aliphatic rings. The Kier molecular flexibility index (Phi) is 5.17. The van der Waals surface area contributed by atoms with Crippen LogP contribution in [0.1, 0.15) is 21.5 Å². The maximum absolute atomic E-state index is 13.6. The van der Waals surface area contributed by atoms with Crippen LogP contribution < -0.4 is 10.1 Å². The van der Waals surface area contributed by atoms with Crippen molar-refractivity contribution in [3.8, 4) is 5.75 Å². The van der Waals surface area contributed by atoms with E-state index in [2.05, 4.69) is 27.9 Å². The minimum absolute atomic E-state index is 0.175. The minimum atomic E-state index is -0.436. The average molecular weight is 399 g/mol. The lowest BCUT2D eigenvalue weighted by atomic mass is 10.1. The van der Waals surface area contributed by atoms with Crippen molar-refractivity contribution in [1.82, 2.24) is 5.32 Å². The maximum Gasteiger partial charge on any atom is 0.251 e. The van der Waals surface area contributed by atoms with E-state index in [1.807, 2.05) is 19.1 Å². The van der Waals surface area contributed by atoms with E-state index in [0.29, 0.717) is 11.1 Å². The van der Waals surface area contributed by atoms with E-state index in [-0.39, 0.29) is 18.2 Å². The summed E-state index contributed by atoms with van der Waals surface area (Å²) in [6.45, 7) is 2.22. The highest BCUT2D eigenvalue weighted by Crippen LogP contribution is 2.18. The van der Waals surface area contributed by atoms with Gasteiger partial charge in [0.25, 0.3) is 5.91 Å². The lowest BCUT2D eigenvalue weighted by Crippen LogP contribution is -2.23. The molecule has 5 heteroatoms. The Bertz CT molecular complexity index is 673. The van der Waals surface area contributed by atoms with Gasteiger partial charge in [-0.2, -0.15) is 0 Å². The molecule has 2 aromatic rings. The third-order valence-corrected chi connectivity index (χ3v) is 4.30. The highest BCUT2D eigenvalue weighted by atomic mass is 127. The Morgan fingerprint density at radius 2 is 2.05 bits per heavy atom. The number of nitrogens with one attached hydrogen (secondary N) is 1. The quantitative estimate of drug-likeness (QED) is 0.797. The number of carbonyl (C=O) groups is 1. The van der Waals surface area contributed by atoms with Gasteiger partial charge in [0.05, 0.1) is 7.11 Å². The van der Waals surface area contributed by atoms with Crippen molar-refractivity contribution in [1.29, 1.82) is 0 Å². The van der Waals surface area contributed by atoms with Crippen LogP contribution in [0, 0.1) is 16.3 Å². The third-order valence-electron chi connectivity index (χ3n) is 3.09. The van der Waals surface area contributed by atoms with E-state index >= 15 is 0 Å². The number of halogens is 2. The monoisotopic (exact) mass is 399 g/mol. The Labute approximate surface area is 136 Å². The highest BCUT2D eigenvalue weighted by molar-refractivity contribution is 14.1. The van der Waals surface area contributed by atoms with Gasteiger partial charge in [-0.25, -0.2) is 4.39 Å². The van der Waals surface area contributed by atoms with Crippen LogP contribution in [0.4, 0.5) is 4.39 Å². The number of benzene rings is 2. The van der Waals surface area contributed by atoms with Gasteiger partial charge in [0.15, 0.2) is 11.6 Å². The molecule has 21 heavy (non-hydrogen) atoms. The number of ether oxygens (including phenoxy) is 1. The molecule has 0 aliphatic carbocycles. The molecule has 0 aliphatic heterocycles. The second kappa shape index (κ2) is 6.89. The number of carbonyl (C=O) groups excluding carboxylic acids is 1. The van der Waals surface area contributed by atoms with Crippen LogP contribution in [0.25, 0.3) is 0 Å². The summed E-state index contributed by atoms with van der Waals surface area (Å²) in [5, 5.41) is 2.78. The smallest absolute Gasteiger partial charge is 0.251 e. The summed E-state index contributed by atoms with van der Waals surface area (Å²) >= 11 is 2.22. The Morgan fingerprint density at radius 1 is 1.29 bits per heavy atom. The first kappa shape index (κ1) is 15.8. The van der Waals surface area contributed by atoms with Crippen molar-refractivity contribution in [3.05, 3.63) is 62.5 Å². The molecule has 0 saturated heterocycles. The number of rotatable bonds is 4. The average Bonchev–Trinajstić information content (AvgIpc) is 2.47. The van der Waals surface area contributed by atoms with Crippen LogP contribution >= 0.6 is 22.6 Å². The van der Waals surface area contributed by atoms with E-state index in [0.717, 1.165) is 9.13 Å². The summed E-state index contributed by atoms with van der Waals surface area (Å²) in [6.07, 6.45) is 0. The molecule has 3 nitrogen and oxygen atoms in total. The molecular weight excluding hydrogens is 384 g/mol. The van der Waals surface area contributed by atoms with Gasteiger partial charge >= 0.3 is 0 Å². The zero-order valence-electron chi connectivity index (χ0n) is 11.7. The Balaban J connectivity index is 2.03. The standard InChI is InChI=1S/C16H15FINO2/c1-10-7-12(4-5-14(10)18)16(20)19-9-11-3-6-15(21-2)13(17)8-11/h3-8H,9H2,1-2H3,(H,19,20). The molecule has 0 aromatic heterocycles. The van der Waals surface area contributed by atoms with Gasteiger partial charge in [-0.3, -0.25) is 4.79 Å². The molecule has 0 heterocycles. The second-order valence-corrected chi connectivity index (χ2v) is 5.78. The summed E-state index contributed by atoms with van der Waals surface area (Å²) in [6, 6.07) is 10.1. The third kappa shape index (κ3) is 3.93. The lowest BCUT2D eigenvalue weighted by Gasteiger charge is -2.08. The molecule has 0 bridgehead atoms. The molecule has 110 valence electrons. The second-order valence-electron chi connectivity index (χ2n) is 4.62. The first-order valence-corrected chi connectivity index (χ1v) is 7.46. The topological polar surface area (TPSA) is 38.3 Å².